The molecular formula is C20H16F2N4O3S2. The van der Waals surface area contributed by atoms with Crippen molar-refractivity contribution in [3.8, 4) is 17.3 Å². The Morgan fingerprint density at radius 2 is 2.00 bits per heavy atom. The first kappa shape index (κ1) is 22.3. The van der Waals surface area contributed by atoms with Gasteiger partial charge < -0.3 is 0 Å². The van der Waals surface area contributed by atoms with Gasteiger partial charge in [0.25, 0.3) is 10.0 Å². The van der Waals surface area contributed by atoms with Crippen molar-refractivity contribution in [3.63, 3.8) is 0 Å². The van der Waals surface area contributed by atoms with E-state index in [-0.39, 0.29) is 27.0 Å². The lowest BCUT2D eigenvalue weighted by molar-refractivity contribution is -0.117. The van der Waals surface area contributed by atoms with Gasteiger partial charge in [0, 0.05) is 12.6 Å². The monoisotopic (exact) mass is 462 g/mol. The Kier molecular flexibility index (Phi) is 6.33. The van der Waals surface area contributed by atoms with Crippen LogP contribution < -0.4 is 9.62 Å². The van der Waals surface area contributed by atoms with Gasteiger partial charge in [0.1, 0.15) is 11.6 Å². The summed E-state index contributed by atoms with van der Waals surface area (Å²) < 4.78 is 53.5. The number of halogens is 2. The zero-order valence-corrected chi connectivity index (χ0v) is 18.0. The molecule has 0 fully saturated rings. The lowest BCUT2D eigenvalue weighted by Crippen LogP contribution is -2.27. The highest BCUT2D eigenvalue weighted by molar-refractivity contribution is 7.91. The lowest BCUT2D eigenvalue weighted by Gasteiger charge is -2.14. The van der Waals surface area contributed by atoms with Gasteiger partial charge in [-0.1, -0.05) is 35.6 Å². The smallest absolute Gasteiger partial charge is 0.281 e. The molecule has 0 aliphatic heterocycles. The van der Waals surface area contributed by atoms with E-state index in [1.807, 2.05) is 0 Å². The van der Waals surface area contributed by atoms with Gasteiger partial charge in [0.15, 0.2) is 15.5 Å². The number of thiazole rings is 1. The maximum atomic E-state index is 14.5. The van der Waals surface area contributed by atoms with E-state index in [0.29, 0.717) is 11.1 Å². The number of carbonyl (C=O) groups excluding carboxylic acids is 1. The Hall–Kier alpha value is -3.36. The number of hydrogen-bond donors (Lipinski definition) is 1. The van der Waals surface area contributed by atoms with Gasteiger partial charge in [-0.3, -0.25) is 9.69 Å². The zero-order valence-electron chi connectivity index (χ0n) is 16.4. The first-order chi connectivity index (χ1) is 14.6. The lowest BCUT2D eigenvalue weighted by atomic mass is 10.0. The molecule has 7 nitrogen and oxygen atoms in total. The van der Waals surface area contributed by atoms with Crippen LogP contribution in [0, 0.1) is 30.0 Å². The van der Waals surface area contributed by atoms with Crippen LogP contribution in [-0.2, 0) is 21.2 Å². The van der Waals surface area contributed by atoms with Gasteiger partial charge in [-0.15, -0.1) is 0 Å². The number of likely N-dealkylation sites (N-methyl/N-ethyl adjacent to an activating group) is 1. The molecule has 2 aromatic carbocycles. The van der Waals surface area contributed by atoms with Crippen molar-refractivity contribution in [2.75, 3.05) is 11.9 Å². The van der Waals surface area contributed by atoms with E-state index in [9.17, 15) is 22.0 Å². The number of aromatic nitrogens is 1. The molecule has 0 aliphatic rings. The van der Waals surface area contributed by atoms with Crippen molar-refractivity contribution in [1.82, 2.24) is 9.71 Å². The van der Waals surface area contributed by atoms with E-state index in [0.717, 1.165) is 11.3 Å². The van der Waals surface area contributed by atoms with Gasteiger partial charge in [0.2, 0.25) is 5.91 Å². The van der Waals surface area contributed by atoms with E-state index < -0.39 is 27.6 Å². The number of amides is 1. The Morgan fingerprint density at radius 1 is 1.26 bits per heavy atom. The normalized spacial score (nSPS) is 11.1. The summed E-state index contributed by atoms with van der Waals surface area (Å²) in [5, 5.41) is 8.70. The van der Waals surface area contributed by atoms with Crippen LogP contribution in [0.25, 0.3) is 11.1 Å². The van der Waals surface area contributed by atoms with Crippen molar-refractivity contribution in [3.05, 3.63) is 65.4 Å². The fraction of sp³-hybridized carbons (Fsp3) is 0.150. The van der Waals surface area contributed by atoms with Crippen LogP contribution in [0.1, 0.15) is 11.3 Å². The fourth-order valence-corrected chi connectivity index (χ4v) is 5.04. The van der Waals surface area contributed by atoms with Crippen LogP contribution in [0.2, 0.25) is 0 Å². The highest BCUT2D eigenvalue weighted by atomic mass is 32.2. The summed E-state index contributed by atoms with van der Waals surface area (Å²) in [6.45, 7) is 1.45. The first-order valence-corrected chi connectivity index (χ1v) is 11.1. The summed E-state index contributed by atoms with van der Waals surface area (Å²) in [6, 6.07) is 9.77. The van der Waals surface area contributed by atoms with Crippen LogP contribution in [0.5, 0.6) is 0 Å². The standard InChI is InChI=1S/C20H16F2N4O3S2/c1-12-19(31(28,29)24-11-23)30-20(25-12)26(2)18(27)9-13-6-7-16(17(22)8-13)14-4-3-5-15(21)10-14/h3-8,10,24H,9H2,1-2H3. The predicted octanol–water partition coefficient (Wildman–Crippen LogP) is 3.36. The maximum Gasteiger partial charge on any atom is 0.281 e. The minimum Gasteiger partial charge on any atom is -0.291 e. The molecule has 0 atom stereocenters. The minimum absolute atomic E-state index is 0.123. The summed E-state index contributed by atoms with van der Waals surface area (Å²) in [5.41, 5.74) is 1.12. The Labute approximate surface area is 181 Å². The van der Waals surface area contributed by atoms with Crippen molar-refractivity contribution < 1.29 is 22.0 Å². The predicted molar refractivity (Wildman–Crippen MR) is 112 cm³/mol. The van der Waals surface area contributed by atoms with Crippen LogP contribution in [-0.4, -0.2) is 26.4 Å². The zero-order chi connectivity index (χ0) is 22.8. The number of rotatable bonds is 6. The number of nitrogens with zero attached hydrogens (tertiary/aromatic N) is 3. The minimum atomic E-state index is -4.05. The summed E-state index contributed by atoms with van der Waals surface area (Å²) >= 11 is 0.740. The molecule has 1 aromatic heterocycles. The molecule has 0 saturated carbocycles. The fourth-order valence-electron chi connectivity index (χ4n) is 2.83. The second-order valence-corrected chi connectivity index (χ2v) is 9.40. The average Bonchev–Trinajstić information content (AvgIpc) is 3.10. The van der Waals surface area contributed by atoms with Gasteiger partial charge in [-0.2, -0.15) is 13.7 Å². The topological polar surface area (TPSA) is 103 Å². The highest BCUT2D eigenvalue weighted by Gasteiger charge is 2.25. The summed E-state index contributed by atoms with van der Waals surface area (Å²) in [7, 11) is -2.62. The number of carbonyl (C=O) groups is 1. The Balaban J connectivity index is 1.79. The van der Waals surface area contributed by atoms with Crippen molar-refractivity contribution in [1.29, 1.82) is 5.26 Å². The molecule has 0 bridgehead atoms. The largest absolute Gasteiger partial charge is 0.291 e. The summed E-state index contributed by atoms with van der Waals surface area (Å²) in [5.74, 6) is -1.52. The maximum absolute atomic E-state index is 14.5. The number of sulfonamides is 1. The molecule has 160 valence electrons. The average molecular weight is 463 g/mol. The molecule has 1 heterocycles. The van der Waals surface area contributed by atoms with Crippen LogP contribution >= 0.6 is 11.3 Å². The molecular weight excluding hydrogens is 446 g/mol. The number of aryl methyl sites for hydroxylation is 1. The molecule has 11 heteroatoms. The van der Waals surface area contributed by atoms with E-state index in [2.05, 4.69) is 4.98 Å². The molecule has 3 aromatic rings. The van der Waals surface area contributed by atoms with E-state index >= 15 is 0 Å². The van der Waals surface area contributed by atoms with Gasteiger partial charge in [-0.25, -0.2) is 18.5 Å². The summed E-state index contributed by atoms with van der Waals surface area (Å²) in [4.78, 5) is 17.9. The number of hydrogen-bond acceptors (Lipinski definition) is 6. The van der Waals surface area contributed by atoms with Crippen LogP contribution in [0.15, 0.2) is 46.7 Å². The van der Waals surface area contributed by atoms with E-state index in [4.69, 9.17) is 5.26 Å². The number of nitriles is 1. The molecule has 3 rings (SSSR count). The number of benzene rings is 2. The third kappa shape index (κ3) is 4.87. The summed E-state index contributed by atoms with van der Waals surface area (Å²) in [6.07, 6.45) is 1.20. The second kappa shape index (κ2) is 8.79. The Morgan fingerprint density at radius 3 is 2.65 bits per heavy atom. The van der Waals surface area contributed by atoms with Crippen molar-refractivity contribution in [2.24, 2.45) is 0 Å². The van der Waals surface area contributed by atoms with Gasteiger partial charge in [0.05, 0.1) is 12.1 Å². The quantitative estimate of drug-likeness (QED) is 0.447. The van der Waals surface area contributed by atoms with Gasteiger partial charge >= 0.3 is 0 Å². The third-order valence-corrected chi connectivity index (χ3v) is 7.43. The molecule has 31 heavy (non-hydrogen) atoms. The van der Waals surface area contributed by atoms with E-state index in [1.54, 1.807) is 16.9 Å². The third-order valence-electron chi connectivity index (χ3n) is 4.35. The van der Waals surface area contributed by atoms with Crippen molar-refractivity contribution >= 4 is 32.4 Å². The van der Waals surface area contributed by atoms with Crippen LogP contribution in [0.3, 0.4) is 0 Å². The van der Waals surface area contributed by atoms with Crippen LogP contribution in [0.4, 0.5) is 13.9 Å². The number of anilines is 1. The molecule has 1 amide bonds. The molecule has 0 aliphatic carbocycles. The molecule has 0 spiro atoms. The van der Waals surface area contributed by atoms with Crippen molar-refractivity contribution in [2.45, 2.75) is 17.6 Å². The molecule has 1 N–H and O–H groups in total. The second-order valence-electron chi connectivity index (χ2n) is 6.54. The molecule has 0 radical (unpaired) electrons. The first-order valence-electron chi connectivity index (χ1n) is 8.81. The molecule has 0 saturated heterocycles. The highest BCUT2D eigenvalue weighted by Crippen LogP contribution is 2.30. The molecule has 0 unspecified atom stereocenters. The SMILES string of the molecule is Cc1nc(N(C)C(=O)Cc2ccc(-c3cccc(F)c3)c(F)c2)sc1S(=O)(=O)NC#N. The number of nitrogens with one attached hydrogen (secondary N) is 1. The van der Waals surface area contributed by atoms with Gasteiger partial charge in [-0.05, 0) is 36.2 Å². The Bertz CT molecular complexity index is 1300. The van der Waals surface area contributed by atoms with E-state index in [1.165, 1.54) is 55.4 Å².